The molecule has 1 aromatic heterocycles. The quantitative estimate of drug-likeness (QED) is 0.672. The average Bonchev–Trinajstić information content (AvgIpc) is 2.33. The Kier molecular flexibility index (Phi) is 1.85. The molecule has 0 aliphatic heterocycles. The highest BCUT2D eigenvalue weighted by Crippen LogP contribution is 2.14. The van der Waals surface area contributed by atoms with Gasteiger partial charge in [-0.2, -0.15) is 0 Å². The van der Waals surface area contributed by atoms with Gasteiger partial charge in [0.15, 0.2) is 11.6 Å². The minimum atomic E-state index is -0.543. The second kappa shape index (κ2) is 2.65. The third-order valence-corrected chi connectivity index (χ3v) is 1.28. The van der Waals surface area contributed by atoms with Gasteiger partial charge in [-0.15, -0.1) is 0 Å². The Morgan fingerprint density at radius 1 is 1.55 bits per heavy atom. The van der Waals surface area contributed by atoms with E-state index in [2.05, 4.69) is 0 Å². The van der Waals surface area contributed by atoms with E-state index in [9.17, 15) is 4.79 Å². The van der Waals surface area contributed by atoms with Gasteiger partial charge in [-0.05, 0) is 6.07 Å². The molecule has 2 N–H and O–H groups in total. The van der Waals surface area contributed by atoms with Crippen molar-refractivity contribution in [2.75, 3.05) is 19.0 Å². The van der Waals surface area contributed by atoms with Gasteiger partial charge in [0.2, 0.25) is 0 Å². The zero-order valence-corrected chi connectivity index (χ0v) is 6.50. The maximum Gasteiger partial charge on any atom is 0.284 e. The van der Waals surface area contributed by atoms with Crippen molar-refractivity contribution in [3.8, 4) is 0 Å². The SMILES string of the molecule is CN(C)c1ccc(C(N)=O)o1. The maximum atomic E-state index is 10.5. The van der Waals surface area contributed by atoms with Gasteiger partial charge in [-0.25, -0.2) is 0 Å². The summed E-state index contributed by atoms with van der Waals surface area (Å²) >= 11 is 0. The van der Waals surface area contributed by atoms with Crippen LogP contribution in [0, 0.1) is 0 Å². The molecule has 0 atom stereocenters. The van der Waals surface area contributed by atoms with Gasteiger partial charge in [0.05, 0.1) is 0 Å². The lowest BCUT2D eigenvalue weighted by Crippen LogP contribution is -2.10. The molecule has 0 aliphatic rings. The van der Waals surface area contributed by atoms with Gasteiger partial charge in [0.25, 0.3) is 5.91 Å². The third-order valence-electron chi connectivity index (χ3n) is 1.28. The highest BCUT2D eigenvalue weighted by molar-refractivity contribution is 5.90. The predicted molar refractivity (Wildman–Crippen MR) is 41.6 cm³/mol. The summed E-state index contributed by atoms with van der Waals surface area (Å²) in [5, 5.41) is 0. The molecule has 4 nitrogen and oxygen atoms in total. The fourth-order valence-corrected chi connectivity index (χ4v) is 0.700. The number of anilines is 1. The summed E-state index contributed by atoms with van der Waals surface area (Å²) in [6, 6.07) is 3.25. The van der Waals surface area contributed by atoms with Crippen LogP contribution < -0.4 is 10.6 Å². The first-order valence-corrected chi connectivity index (χ1v) is 3.18. The number of furan rings is 1. The van der Waals surface area contributed by atoms with E-state index in [4.69, 9.17) is 10.2 Å². The normalized spacial score (nSPS) is 9.64. The van der Waals surface area contributed by atoms with E-state index in [1.165, 1.54) is 0 Å². The van der Waals surface area contributed by atoms with E-state index < -0.39 is 5.91 Å². The lowest BCUT2D eigenvalue weighted by atomic mass is 10.4. The molecule has 0 spiro atoms. The molecule has 11 heavy (non-hydrogen) atoms. The number of hydrogen-bond acceptors (Lipinski definition) is 3. The van der Waals surface area contributed by atoms with Gasteiger partial charge in [-0.1, -0.05) is 0 Å². The topological polar surface area (TPSA) is 59.5 Å². The van der Waals surface area contributed by atoms with E-state index in [0.29, 0.717) is 5.88 Å². The molecule has 1 amide bonds. The molecule has 1 rings (SSSR count). The Hall–Kier alpha value is -1.45. The molecule has 4 heteroatoms. The van der Waals surface area contributed by atoms with Crippen LogP contribution >= 0.6 is 0 Å². The van der Waals surface area contributed by atoms with Crippen molar-refractivity contribution in [1.29, 1.82) is 0 Å². The average molecular weight is 154 g/mol. The molecule has 0 saturated heterocycles. The molecule has 0 fully saturated rings. The first-order chi connectivity index (χ1) is 5.11. The molecule has 0 bridgehead atoms. The summed E-state index contributed by atoms with van der Waals surface area (Å²) in [6.07, 6.45) is 0. The van der Waals surface area contributed by atoms with Crippen LogP contribution in [0.2, 0.25) is 0 Å². The van der Waals surface area contributed by atoms with Crippen molar-refractivity contribution in [3.05, 3.63) is 17.9 Å². The minimum absolute atomic E-state index is 0.189. The molecule has 0 unspecified atom stereocenters. The number of primary amides is 1. The van der Waals surface area contributed by atoms with Crippen molar-refractivity contribution in [3.63, 3.8) is 0 Å². The van der Waals surface area contributed by atoms with E-state index in [1.54, 1.807) is 17.0 Å². The molecule has 0 aromatic carbocycles. The molecule has 0 saturated carbocycles. The van der Waals surface area contributed by atoms with Crippen LogP contribution in [0.4, 0.5) is 5.88 Å². The van der Waals surface area contributed by atoms with Crippen LogP contribution in [-0.2, 0) is 0 Å². The van der Waals surface area contributed by atoms with E-state index in [0.717, 1.165) is 0 Å². The smallest absolute Gasteiger partial charge is 0.284 e. The van der Waals surface area contributed by atoms with Gasteiger partial charge in [0.1, 0.15) is 0 Å². The summed E-state index contributed by atoms with van der Waals surface area (Å²) in [7, 11) is 3.65. The molecule has 60 valence electrons. The molecular formula is C7H10N2O2. The number of carbonyl (C=O) groups is 1. The number of carbonyl (C=O) groups excluding carboxylic acids is 1. The summed E-state index contributed by atoms with van der Waals surface area (Å²) < 4.78 is 5.06. The van der Waals surface area contributed by atoms with Crippen molar-refractivity contribution >= 4 is 11.8 Å². The fourth-order valence-electron chi connectivity index (χ4n) is 0.700. The highest BCUT2D eigenvalue weighted by atomic mass is 16.4. The standard InChI is InChI=1S/C7H10N2O2/c1-9(2)6-4-3-5(11-6)7(8)10/h3-4H,1-2H3,(H2,8,10). The minimum Gasteiger partial charge on any atom is -0.435 e. The molecular weight excluding hydrogens is 144 g/mol. The summed E-state index contributed by atoms with van der Waals surface area (Å²) in [5.74, 6) is 0.269. The first-order valence-electron chi connectivity index (χ1n) is 3.18. The Morgan fingerprint density at radius 2 is 2.18 bits per heavy atom. The Morgan fingerprint density at radius 3 is 2.45 bits per heavy atom. The van der Waals surface area contributed by atoms with Crippen LogP contribution in [0.1, 0.15) is 10.6 Å². The number of rotatable bonds is 2. The van der Waals surface area contributed by atoms with Crippen molar-refractivity contribution in [2.45, 2.75) is 0 Å². The second-order valence-electron chi connectivity index (χ2n) is 2.40. The number of nitrogens with two attached hydrogens (primary N) is 1. The number of nitrogens with zero attached hydrogens (tertiary/aromatic N) is 1. The van der Waals surface area contributed by atoms with Crippen LogP contribution in [0.5, 0.6) is 0 Å². The van der Waals surface area contributed by atoms with Crippen molar-refractivity contribution in [2.24, 2.45) is 5.73 Å². The monoisotopic (exact) mass is 154 g/mol. The summed E-state index contributed by atoms with van der Waals surface area (Å²) in [4.78, 5) is 12.3. The molecule has 1 aromatic rings. The van der Waals surface area contributed by atoms with Gasteiger partial charge < -0.3 is 15.1 Å². The van der Waals surface area contributed by atoms with Gasteiger partial charge >= 0.3 is 0 Å². The number of amides is 1. The van der Waals surface area contributed by atoms with E-state index >= 15 is 0 Å². The Balaban J connectivity index is 2.90. The van der Waals surface area contributed by atoms with Crippen molar-refractivity contribution in [1.82, 2.24) is 0 Å². The second-order valence-corrected chi connectivity index (χ2v) is 2.40. The molecule has 0 radical (unpaired) electrons. The van der Waals surface area contributed by atoms with Crippen LogP contribution in [-0.4, -0.2) is 20.0 Å². The lowest BCUT2D eigenvalue weighted by molar-refractivity contribution is 0.0974. The first kappa shape index (κ1) is 7.65. The third kappa shape index (κ3) is 1.52. The largest absolute Gasteiger partial charge is 0.435 e. The predicted octanol–water partition coefficient (Wildman–Crippen LogP) is 0.445. The lowest BCUT2D eigenvalue weighted by Gasteiger charge is -2.05. The number of hydrogen-bond donors (Lipinski definition) is 1. The van der Waals surface area contributed by atoms with E-state index in [-0.39, 0.29) is 5.76 Å². The fraction of sp³-hybridized carbons (Fsp3) is 0.286. The Labute approximate surface area is 64.6 Å². The molecule has 0 aliphatic carbocycles. The Bertz CT molecular complexity index is 265. The summed E-state index contributed by atoms with van der Waals surface area (Å²) in [6.45, 7) is 0. The zero-order chi connectivity index (χ0) is 8.43. The van der Waals surface area contributed by atoms with E-state index in [1.807, 2.05) is 14.1 Å². The van der Waals surface area contributed by atoms with Gasteiger partial charge in [0, 0.05) is 20.2 Å². The van der Waals surface area contributed by atoms with Gasteiger partial charge in [-0.3, -0.25) is 4.79 Å². The van der Waals surface area contributed by atoms with Crippen molar-refractivity contribution < 1.29 is 9.21 Å². The van der Waals surface area contributed by atoms with Crippen LogP contribution in [0.3, 0.4) is 0 Å². The summed E-state index contributed by atoms with van der Waals surface area (Å²) in [5.41, 5.74) is 4.98. The van der Waals surface area contributed by atoms with Crippen LogP contribution in [0.15, 0.2) is 16.5 Å². The van der Waals surface area contributed by atoms with Crippen LogP contribution in [0.25, 0.3) is 0 Å². The highest BCUT2D eigenvalue weighted by Gasteiger charge is 2.06. The maximum absolute atomic E-state index is 10.5. The molecule has 1 heterocycles. The zero-order valence-electron chi connectivity index (χ0n) is 6.50.